The zero-order valence-corrected chi connectivity index (χ0v) is 11.6. The van der Waals surface area contributed by atoms with Crippen LogP contribution in [0.5, 0.6) is 0 Å². The quantitative estimate of drug-likeness (QED) is 0.837. The first-order chi connectivity index (χ1) is 8.43. The Balaban J connectivity index is 2.16. The fourth-order valence-electron chi connectivity index (χ4n) is 1.62. The second-order valence-electron chi connectivity index (χ2n) is 5.53. The predicted molar refractivity (Wildman–Crippen MR) is 72.7 cm³/mol. The highest BCUT2D eigenvalue weighted by molar-refractivity contribution is 5.55. The molecule has 1 fully saturated rings. The molecule has 0 bridgehead atoms. The van der Waals surface area contributed by atoms with Crippen molar-refractivity contribution >= 4 is 11.6 Å². The van der Waals surface area contributed by atoms with E-state index in [0.717, 1.165) is 17.2 Å². The van der Waals surface area contributed by atoms with Crippen molar-refractivity contribution in [2.45, 2.75) is 45.1 Å². The Hall–Kier alpha value is -1.36. The van der Waals surface area contributed by atoms with E-state index in [0.29, 0.717) is 18.3 Å². The molecule has 18 heavy (non-hydrogen) atoms. The lowest BCUT2D eigenvalue weighted by molar-refractivity contribution is 0.0343. The molecule has 1 aliphatic rings. The highest BCUT2D eigenvalue weighted by Gasteiger charge is 2.28. The first kappa shape index (κ1) is 13.1. The molecule has 0 atom stereocenters. The number of hydrogen-bond acceptors (Lipinski definition) is 5. The summed E-state index contributed by atoms with van der Waals surface area (Å²) in [6.07, 6.45) is 2.34. The molecular weight excluding hydrogens is 228 g/mol. The van der Waals surface area contributed by atoms with Crippen LogP contribution in [0, 0.1) is 6.92 Å². The van der Waals surface area contributed by atoms with Crippen molar-refractivity contribution in [2.24, 2.45) is 0 Å². The van der Waals surface area contributed by atoms with Gasteiger partial charge in [-0.1, -0.05) is 0 Å². The first-order valence-electron chi connectivity index (χ1n) is 6.36. The van der Waals surface area contributed by atoms with E-state index in [1.54, 1.807) is 7.11 Å². The fourth-order valence-corrected chi connectivity index (χ4v) is 1.62. The summed E-state index contributed by atoms with van der Waals surface area (Å²) in [6.45, 7) is 6.68. The number of ether oxygens (including phenoxy) is 1. The number of nitrogen functional groups attached to an aromatic ring is 1. The molecule has 1 heterocycles. The van der Waals surface area contributed by atoms with Crippen molar-refractivity contribution in [1.29, 1.82) is 0 Å². The van der Waals surface area contributed by atoms with Crippen LogP contribution in [0.3, 0.4) is 0 Å². The molecule has 3 N–H and O–H groups in total. The lowest BCUT2D eigenvalue weighted by Crippen LogP contribution is -2.32. The Bertz CT molecular complexity index is 441. The van der Waals surface area contributed by atoms with Crippen molar-refractivity contribution in [3.8, 4) is 0 Å². The first-order valence-corrected chi connectivity index (χ1v) is 6.36. The summed E-state index contributed by atoms with van der Waals surface area (Å²) in [7, 11) is 1.71. The number of nitrogens with two attached hydrogens (primary N) is 1. The van der Waals surface area contributed by atoms with E-state index in [4.69, 9.17) is 10.5 Å². The summed E-state index contributed by atoms with van der Waals surface area (Å²) in [5.74, 6) is 2.78. The van der Waals surface area contributed by atoms with E-state index in [1.165, 1.54) is 12.8 Å². The average Bonchev–Trinajstić information content (AvgIpc) is 3.15. The van der Waals surface area contributed by atoms with Crippen molar-refractivity contribution in [2.75, 3.05) is 24.7 Å². The van der Waals surface area contributed by atoms with Crippen LogP contribution in [0.1, 0.15) is 44.0 Å². The largest absolute Gasteiger partial charge is 0.383 e. The highest BCUT2D eigenvalue weighted by Crippen LogP contribution is 2.39. The van der Waals surface area contributed by atoms with E-state index >= 15 is 0 Å². The lowest BCUT2D eigenvalue weighted by Gasteiger charge is -2.24. The number of rotatable bonds is 5. The molecule has 0 saturated heterocycles. The standard InChI is InChI=1S/C13H22N4O/c1-8-10(14)16-12(9-5-6-9)17-11(8)15-7-13(2,3)18-4/h9H,5-7H2,1-4H3,(H3,14,15,16,17). The van der Waals surface area contributed by atoms with E-state index in [2.05, 4.69) is 15.3 Å². The van der Waals surface area contributed by atoms with Crippen LogP contribution in [0.15, 0.2) is 0 Å². The van der Waals surface area contributed by atoms with E-state index < -0.39 is 0 Å². The summed E-state index contributed by atoms with van der Waals surface area (Å²) >= 11 is 0. The van der Waals surface area contributed by atoms with Gasteiger partial charge in [-0.15, -0.1) is 0 Å². The molecule has 100 valence electrons. The van der Waals surface area contributed by atoms with Crippen molar-refractivity contribution < 1.29 is 4.74 Å². The van der Waals surface area contributed by atoms with Crippen LogP contribution < -0.4 is 11.1 Å². The molecule has 5 nitrogen and oxygen atoms in total. The summed E-state index contributed by atoms with van der Waals surface area (Å²) < 4.78 is 5.38. The van der Waals surface area contributed by atoms with E-state index in [9.17, 15) is 0 Å². The summed E-state index contributed by atoms with van der Waals surface area (Å²) in [5, 5.41) is 3.31. The summed E-state index contributed by atoms with van der Waals surface area (Å²) in [6, 6.07) is 0. The molecule has 0 amide bonds. The smallest absolute Gasteiger partial charge is 0.136 e. The van der Waals surface area contributed by atoms with Gasteiger partial charge in [0, 0.05) is 25.1 Å². The summed E-state index contributed by atoms with van der Waals surface area (Å²) in [4.78, 5) is 8.93. The van der Waals surface area contributed by atoms with Gasteiger partial charge in [0.15, 0.2) is 0 Å². The third-order valence-electron chi connectivity index (χ3n) is 3.38. The molecule has 1 aliphatic carbocycles. The van der Waals surface area contributed by atoms with Gasteiger partial charge >= 0.3 is 0 Å². The Kier molecular flexibility index (Phi) is 3.43. The van der Waals surface area contributed by atoms with Crippen molar-refractivity contribution in [1.82, 2.24) is 9.97 Å². The van der Waals surface area contributed by atoms with Gasteiger partial charge in [0.2, 0.25) is 0 Å². The van der Waals surface area contributed by atoms with Gasteiger partial charge in [-0.25, -0.2) is 9.97 Å². The van der Waals surface area contributed by atoms with Crippen LogP contribution in [-0.4, -0.2) is 29.2 Å². The highest BCUT2D eigenvalue weighted by atomic mass is 16.5. The van der Waals surface area contributed by atoms with Gasteiger partial charge in [-0.05, 0) is 33.6 Å². The zero-order chi connectivity index (χ0) is 13.3. The van der Waals surface area contributed by atoms with Crippen LogP contribution >= 0.6 is 0 Å². The molecule has 0 aliphatic heterocycles. The molecular formula is C13H22N4O. The van der Waals surface area contributed by atoms with Crippen LogP contribution in [-0.2, 0) is 4.74 Å². The fraction of sp³-hybridized carbons (Fsp3) is 0.692. The molecule has 2 rings (SSSR count). The normalized spacial score (nSPS) is 15.8. The monoisotopic (exact) mass is 250 g/mol. The third-order valence-corrected chi connectivity index (χ3v) is 3.38. The second-order valence-corrected chi connectivity index (χ2v) is 5.53. The Labute approximate surface area is 108 Å². The molecule has 5 heteroatoms. The lowest BCUT2D eigenvalue weighted by atomic mass is 10.1. The maximum atomic E-state index is 5.94. The number of methoxy groups -OCH3 is 1. The van der Waals surface area contributed by atoms with Crippen LogP contribution in [0.25, 0.3) is 0 Å². The van der Waals surface area contributed by atoms with Gasteiger partial charge in [0.25, 0.3) is 0 Å². The molecule has 0 aromatic carbocycles. The molecule has 0 radical (unpaired) electrons. The molecule has 0 spiro atoms. The SMILES string of the molecule is COC(C)(C)CNc1nc(C2CC2)nc(N)c1C. The Morgan fingerprint density at radius 1 is 1.39 bits per heavy atom. The van der Waals surface area contributed by atoms with Crippen LogP contribution in [0.2, 0.25) is 0 Å². The molecule has 0 unspecified atom stereocenters. The number of nitrogens with one attached hydrogen (secondary N) is 1. The minimum absolute atomic E-state index is 0.230. The van der Waals surface area contributed by atoms with Crippen molar-refractivity contribution in [3.63, 3.8) is 0 Å². The van der Waals surface area contributed by atoms with E-state index in [1.807, 2.05) is 20.8 Å². The number of aromatic nitrogens is 2. The van der Waals surface area contributed by atoms with Gasteiger partial charge in [-0.2, -0.15) is 0 Å². The maximum absolute atomic E-state index is 5.94. The second kappa shape index (κ2) is 4.72. The third kappa shape index (κ3) is 2.90. The molecule has 1 saturated carbocycles. The Morgan fingerprint density at radius 3 is 2.61 bits per heavy atom. The molecule has 1 aromatic heterocycles. The average molecular weight is 250 g/mol. The van der Waals surface area contributed by atoms with Gasteiger partial charge < -0.3 is 15.8 Å². The van der Waals surface area contributed by atoms with Gasteiger partial charge in [-0.3, -0.25) is 0 Å². The molecule has 1 aromatic rings. The minimum atomic E-state index is -0.230. The van der Waals surface area contributed by atoms with Gasteiger partial charge in [0.1, 0.15) is 17.5 Å². The Morgan fingerprint density at radius 2 is 2.06 bits per heavy atom. The van der Waals surface area contributed by atoms with Gasteiger partial charge in [0.05, 0.1) is 5.60 Å². The van der Waals surface area contributed by atoms with Crippen molar-refractivity contribution in [3.05, 3.63) is 11.4 Å². The van der Waals surface area contributed by atoms with Crippen LogP contribution in [0.4, 0.5) is 11.6 Å². The number of nitrogens with zero attached hydrogens (tertiary/aromatic N) is 2. The van der Waals surface area contributed by atoms with E-state index in [-0.39, 0.29) is 5.60 Å². The zero-order valence-electron chi connectivity index (χ0n) is 11.6. The summed E-state index contributed by atoms with van der Waals surface area (Å²) in [5.41, 5.74) is 6.61. The maximum Gasteiger partial charge on any atom is 0.136 e. The topological polar surface area (TPSA) is 73.1 Å². The number of hydrogen-bond donors (Lipinski definition) is 2. The number of anilines is 2. The predicted octanol–water partition coefficient (Wildman–Crippen LogP) is 2.08. The minimum Gasteiger partial charge on any atom is -0.383 e.